The predicted octanol–water partition coefficient (Wildman–Crippen LogP) is 4.78. The van der Waals surface area contributed by atoms with Gasteiger partial charge in [0.05, 0.1) is 11.4 Å². The van der Waals surface area contributed by atoms with Crippen LogP contribution in [0.15, 0.2) is 48.5 Å². The summed E-state index contributed by atoms with van der Waals surface area (Å²) in [4.78, 5) is 0. The van der Waals surface area contributed by atoms with E-state index in [9.17, 15) is 13.2 Å². The van der Waals surface area contributed by atoms with Gasteiger partial charge in [-0.05, 0) is 31.0 Å². The van der Waals surface area contributed by atoms with Gasteiger partial charge in [0.15, 0.2) is 0 Å². The molecule has 0 saturated heterocycles. The molecular weight excluding hydrogens is 363 g/mol. The number of hydrogen-bond donors (Lipinski definition) is 1. The molecule has 1 N–H and O–H groups in total. The SMILES string of the molecule is Cc1ccc(-c2ccc(-c3c4c(nn3CC(F)(F)F)CCNCC4)cc2)cc1. The van der Waals surface area contributed by atoms with Gasteiger partial charge in [0, 0.05) is 24.1 Å². The van der Waals surface area contributed by atoms with Crippen molar-refractivity contribution < 1.29 is 13.2 Å². The molecule has 3 nitrogen and oxygen atoms in total. The Morgan fingerprint density at radius 1 is 0.893 bits per heavy atom. The zero-order valence-corrected chi connectivity index (χ0v) is 15.7. The van der Waals surface area contributed by atoms with Gasteiger partial charge in [-0.1, -0.05) is 54.1 Å². The second-order valence-corrected chi connectivity index (χ2v) is 7.24. The Morgan fingerprint density at radius 3 is 2.11 bits per heavy atom. The number of aromatic nitrogens is 2. The first-order valence-corrected chi connectivity index (χ1v) is 9.44. The number of aryl methyl sites for hydroxylation is 1. The normalized spacial score (nSPS) is 14.6. The number of nitrogens with zero attached hydrogens (tertiary/aromatic N) is 2. The largest absolute Gasteiger partial charge is 0.408 e. The molecule has 1 aliphatic rings. The lowest BCUT2D eigenvalue weighted by atomic mass is 9.99. The van der Waals surface area contributed by atoms with E-state index < -0.39 is 12.7 Å². The summed E-state index contributed by atoms with van der Waals surface area (Å²) in [7, 11) is 0. The maximum Gasteiger partial charge on any atom is 0.408 e. The van der Waals surface area contributed by atoms with Crippen molar-refractivity contribution in [1.29, 1.82) is 0 Å². The number of alkyl halides is 3. The Balaban J connectivity index is 1.74. The highest BCUT2D eigenvalue weighted by Crippen LogP contribution is 2.32. The lowest BCUT2D eigenvalue weighted by molar-refractivity contribution is -0.142. The van der Waals surface area contributed by atoms with Crippen LogP contribution in [0.2, 0.25) is 0 Å². The van der Waals surface area contributed by atoms with E-state index in [2.05, 4.69) is 34.7 Å². The van der Waals surface area contributed by atoms with E-state index >= 15 is 0 Å². The zero-order valence-electron chi connectivity index (χ0n) is 15.7. The highest BCUT2D eigenvalue weighted by Gasteiger charge is 2.32. The Labute approximate surface area is 162 Å². The van der Waals surface area contributed by atoms with E-state index in [0.29, 0.717) is 18.5 Å². The zero-order chi connectivity index (χ0) is 19.7. The molecule has 4 rings (SSSR count). The van der Waals surface area contributed by atoms with Gasteiger partial charge in [-0.25, -0.2) is 0 Å². The molecule has 2 aromatic carbocycles. The third-order valence-corrected chi connectivity index (χ3v) is 5.10. The Morgan fingerprint density at radius 2 is 1.46 bits per heavy atom. The smallest absolute Gasteiger partial charge is 0.316 e. The molecule has 0 spiro atoms. The predicted molar refractivity (Wildman–Crippen MR) is 104 cm³/mol. The third kappa shape index (κ3) is 3.97. The first-order valence-electron chi connectivity index (χ1n) is 9.44. The van der Waals surface area contributed by atoms with Crippen molar-refractivity contribution in [1.82, 2.24) is 15.1 Å². The maximum absolute atomic E-state index is 13.1. The summed E-state index contributed by atoms with van der Waals surface area (Å²) in [5.41, 5.74) is 6.38. The number of benzene rings is 2. The first kappa shape index (κ1) is 18.7. The van der Waals surface area contributed by atoms with Crippen LogP contribution in [-0.2, 0) is 19.4 Å². The van der Waals surface area contributed by atoms with Crippen molar-refractivity contribution in [2.75, 3.05) is 13.1 Å². The Bertz CT molecular complexity index is 954. The fraction of sp³-hybridized carbons (Fsp3) is 0.318. The highest BCUT2D eigenvalue weighted by molar-refractivity contribution is 5.71. The minimum absolute atomic E-state index is 0.589. The molecular formula is C22H22F3N3. The molecule has 0 fully saturated rings. The monoisotopic (exact) mass is 385 g/mol. The molecule has 0 unspecified atom stereocenters. The minimum Gasteiger partial charge on any atom is -0.316 e. The van der Waals surface area contributed by atoms with Crippen molar-refractivity contribution in [2.45, 2.75) is 32.5 Å². The first-order chi connectivity index (χ1) is 13.4. The van der Waals surface area contributed by atoms with Crippen molar-refractivity contribution in [3.05, 3.63) is 65.4 Å². The van der Waals surface area contributed by atoms with E-state index in [1.54, 1.807) is 0 Å². The molecule has 0 bridgehead atoms. The fourth-order valence-corrected chi connectivity index (χ4v) is 3.73. The summed E-state index contributed by atoms with van der Waals surface area (Å²) < 4.78 is 40.5. The number of nitrogens with one attached hydrogen (secondary N) is 1. The van der Waals surface area contributed by atoms with Gasteiger partial charge in [-0.2, -0.15) is 18.3 Å². The van der Waals surface area contributed by atoms with E-state index in [1.807, 2.05) is 31.2 Å². The standard InChI is InChI=1S/C22H22F3N3/c1-15-2-4-16(5-3-15)17-6-8-18(9-7-17)21-19-10-12-26-13-11-20(19)27-28(21)14-22(23,24)25/h2-9,26H,10-14H2,1H3. The van der Waals surface area contributed by atoms with Crippen molar-refractivity contribution in [3.8, 4) is 22.4 Å². The quantitative estimate of drug-likeness (QED) is 0.703. The van der Waals surface area contributed by atoms with Crippen LogP contribution in [0.4, 0.5) is 13.2 Å². The Hall–Kier alpha value is -2.60. The van der Waals surface area contributed by atoms with Crippen molar-refractivity contribution >= 4 is 0 Å². The lowest BCUT2D eigenvalue weighted by Crippen LogP contribution is -2.21. The maximum atomic E-state index is 13.1. The molecule has 1 aromatic heterocycles. The minimum atomic E-state index is -4.31. The number of halogens is 3. The number of fused-ring (bicyclic) bond motifs is 1. The van der Waals surface area contributed by atoms with Gasteiger partial charge in [-0.3, -0.25) is 4.68 Å². The van der Waals surface area contributed by atoms with Crippen LogP contribution in [0.5, 0.6) is 0 Å². The molecule has 6 heteroatoms. The third-order valence-electron chi connectivity index (χ3n) is 5.10. The van der Waals surface area contributed by atoms with Crippen LogP contribution >= 0.6 is 0 Å². The molecule has 146 valence electrons. The molecule has 0 atom stereocenters. The van der Waals surface area contributed by atoms with Crippen LogP contribution in [0.1, 0.15) is 16.8 Å². The average molecular weight is 385 g/mol. The van der Waals surface area contributed by atoms with Crippen LogP contribution in [-0.4, -0.2) is 29.0 Å². The van der Waals surface area contributed by atoms with Gasteiger partial charge in [0.25, 0.3) is 0 Å². The van der Waals surface area contributed by atoms with Crippen LogP contribution in [0.25, 0.3) is 22.4 Å². The van der Waals surface area contributed by atoms with Gasteiger partial charge in [-0.15, -0.1) is 0 Å². The van der Waals surface area contributed by atoms with E-state index in [0.717, 1.165) is 45.7 Å². The molecule has 1 aliphatic heterocycles. The summed E-state index contributed by atoms with van der Waals surface area (Å²) in [5, 5.41) is 7.61. The van der Waals surface area contributed by atoms with Gasteiger partial charge >= 0.3 is 6.18 Å². The van der Waals surface area contributed by atoms with Crippen molar-refractivity contribution in [2.24, 2.45) is 0 Å². The topological polar surface area (TPSA) is 29.9 Å². The molecule has 0 radical (unpaired) electrons. The average Bonchev–Trinajstić information content (AvgIpc) is 2.82. The Kier molecular flexibility index (Phi) is 4.98. The molecule has 0 amide bonds. The summed E-state index contributed by atoms with van der Waals surface area (Å²) in [6.07, 6.45) is -2.98. The van der Waals surface area contributed by atoms with E-state index in [-0.39, 0.29) is 0 Å². The second-order valence-electron chi connectivity index (χ2n) is 7.24. The second kappa shape index (κ2) is 7.43. The molecule has 28 heavy (non-hydrogen) atoms. The summed E-state index contributed by atoms with van der Waals surface area (Å²) in [5.74, 6) is 0. The fourth-order valence-electron chi connectivity index (χ4n) is 3.73. The highest BCUT2D eigenvalue weighted by atomic mass is 19.4. The van der Waals surface area contributed by atoms with E-state index in [1.165, 1.54) is 5.56 Å². The molecule has 0 aliphatic carbocycles. The molecule has 3 aromatic rings. The van der Waals surface area contributed by atoms with Crippen molar-refractivity contribution in [3.63, 3.8) is 0 Å². The van der Waals surface area contributed by atoms with Crippen LogP contribution in [0, 0.1) is 6.92 Å². The summed E-state index contributed by atoms with van der Waals surface area (Å²) >= 11 is 0. The van der Waals surface area contributed by atoms with E-state index in [4.69, 9.17) is 0 Å². The number of rotatable bonds is 3. The van der Waals surface area contributed by atoms with Gasteiger partial charge in [0.1, 0.15) is 6.54 Å². The molecule has 2 heterocycles. The molecule has 0 saturated carbocycles. The lowest BCUT2D eigenvalue weighted by Gasteiger charge is -2.13. The van der Waals surface area contributed by atoms with Crippen LogP contribution in [0.3, 0.4) is 0 Å². The number of hydrogen-bond acceptors (Lipinski definition) is 2. The van der Waals surface area contributed by atoms with Crippen LogP contribution < -0.4 is 5.32 Å². The summed E-state index contributed by atoms with van der Waals surface area (Å²) in [6.45, 7) is 2.46. The van der Waals surface area contributed by atoms with Gasteiger partial charge in [0.2, 0.25) is 0 Å². The summed E-state index contributed by atoms with van der Waals surface area (Å²) in [6, 6.07) is 15.9. The van der Waals surface area contributed by atoms with Gasteiger partial charge < -0.3 is 5.32 Å².